The van der Waals surface area contributed by atoms with Crippen LogP contribution in [0.3, 0.4) is 0 Å². The van der Waals surface area contributed by atoms with Crippen LogP contribution in [0.4, 0.5) is 5.69 Å². The van der Waals surface area contributed by atoms with Crippen LogP contribution in [-0.2, 0) is 22.7 Å². The quantitative estimate of drug-likeness (QED) is 0.753. The first kappa shape index (κ1) is 21.0. The van der Waals surface area contributed by atoms with Crippen molar-refractivity contribution in [1.29, 1.82) is 0 Å². The van der Waals surface area contributed by atoms with Gasteiger partial charge in [0.1, 0.15) is 5.75 Å². The molecule has 1 atom stereocenters. The highest BCUT2D eigenvalue weighted by molar-refractivity contribution is 5.92. The monoisotopic (exact) mass is 364 g/mol. The van der Waals surface area contributed by atoms with Crippen molar-refractivity contribution >= 4 is 24.0 Å². The first-order chi connectivity index (χ1) is 11.6. The van der Waals surface area contributed by atoms with E-state index in [1.807, 2.05) is 48.5 Å². The number of hydrogen-bond acceptors (Lipinski definition) is 4. The third-order valence-corrected chi connectivity index (χ3v) is 3.69. The molecule has 3 N–H and O–H groups in total. The van der Waals surface area contributed by atoms with E-state index in [0.29, 0.717) is 19.8 Å². The smallest absolute Gasteiger partial charge is 0.228 e. The molecule has 0 spiro atoms. The Balaban J connectivity index is 0.00000312. The summed E-state index contributed by atoms with van der Waals surface area (Å²) in [6.07, 6.45) is 0. The number of ether oxygens (including phenoxy) is 2. The Kier molecular flexibility index (Phi) is 8.99. The molecule has 2 aromatic carbocycles. The van der Waals surface area contributed by atoms with E-state index in [1.54, 1.807) is 14.0 Å². The van der Waals surface area contributed by atoms with Gasteiger partial charge in [0.05, 0.1) is 20.3 Å². The Morgan fingerprint density at radius 2 is 1.80 bits per heavy atom. The number of carbonyl (C=O) groups is 1. The predicted octanol–water partition coefficient (Wildman–Crippen LogP) is 3.37. The molecule has 6 heteroatoms. The van der Waals surface area contributed by atoms with Crippen LogP contribution in [0.25, 0.3) is 0 Å². The molecule has 2 aromatic rings. The molecule has 0 saturated carbocycles. The minimum atomic E-state index is -0.208. The molecule has 0 bridgehead atoms. The molecule has 1 amide bonds. The number of methoxy groups -OCH3 is 1. The predicted molar refractivity (Wildman–Crippen MR) is 102 cm³/mol. The topological polar surface area (TPSA) is 73.6 Å². The van der Waals surface area contributed by atoms with E-state index < -0.39 is 0 Å². The van der Waals surface area contributed by atoms with Gasteiger partial charge >= 0.3 is 0 Å². The molecule has 0 aliphatic heterocycles. The van der Waals surface area contributed by atoms with Crippen LogP contribution in [-0.4, -0.2) is 19.6 Å². The third-order valence-electron chi connectivity index (χ3n) is 3.69. The number of rotatable bonds is 8. The van der Waals surface area contributed by atoms with Gasteiger partial charge in [0.2, 0.25) is 5.91 Å². The van der Waals surface area contributed by atoms with E-state index in [0.717, 1.165) is 22.6 Å². The number of amides is 1. The molecule has 0 aromatic heterocycles. The molecular formula is C19H25ClN2O3. The molecule has 0 saturated heterocycles. The lowest BCUT2D eigenvalue weighted by atomic mass is 10.1. The molecule has 0 radical (unpaired) electrons. The fourth-order valence-corrected chi connectivity index (χ4v) is 2.12. The van der Waals surface area contributed by atoms with Gasteiger partial charge in [-0.15, -0.1) is 12.4 Å². The van der Waals surface area contributed by atoms with E-state index in [2.05, 4.69) is 5.32 Å². The van der Waals surface area contributed by atoms with Crippen LogP contribution in [0.15, 0.2) is 48.5 Å². The van der Waals surface area contributed by atoms with Gasteiger partial charge in [0.15, 0.2) is 0 Å². The largest absolute Gasteiger partial charge is 0.497 e. The standard InChI is InChI=1S/C19H24N2O3.ClH/c1-14(11-20)19(22)21-17-5-3-4-16(10-17)13-24-12-15-6-8-18(23-2)9-7-15;/h3-10,14H,11-13,20H2,1-2H3,(H,21,22);1H. The Morgan fingerprint density at radius 1 is 1.12 bits per heavy atom. The zero-order valence-electron chi connectivity index (χ0n) is 14.5. The van der Waals surface area contributed by atoms with Gasteiger partial charge < -0.3 is 20.5 Å². The number of anilines is 1. The second-order valence-corrected chi connectivity index (χ2v) is 5.67. The van der Waals surface area contributed by atoms with Crippen LogP contribution in [0.5, 0.6) is 5.75 Å². The Morgan fingerprint density at radius 3 is 2.44 bits per heavy atom. The summed E-state index contributed by atoms with van der Waals surface area (Å²) in [5, 5.41) is 2.87. The van der Waals surface area contributed by atoms with Crippen LogP contribution in [0, 0.1) is 5.92 Å². The summed E-state index contributed by atoms with van der Waals surface area (Å²) in [5.74, 6) is 0.544. The number of halogens is 1. The highest BCUT2D eigenvalue weighted by atomic mass is 35.5. The molecule has 0 heterocycles. The lowest BCUT2D eigenvalue weighted by Crippen LogP contribution is -2.26. The molecule has 0 aliphatic rings. The lowest BCUT2D eigenvalue weighted by molar-refractivity contribution is -0.119. The second kappa shape index (κ2) is 10.7. The number of carbonyl (C=O) groups excluding carboxylic acids is 1. The second-order valence-electron chi connectivity index (χ2n) is 5.67. The average molecular weight is 365 g/mol. The van der Waals surface area contributed by atoms with Crippen LogP contribution >= 0.6 is 12.4 Å². The summed E-state index contributed by atoms with van der Waals surface area (Å²) in [7, 11) is 1.64. The number of hydrogen-bond donors (Lipinski definition) is 2. The first-order valence-corrected chi connectivity index (χ1v) is 7.93. The molecular weight excluding hydrogens is 340 g/mol. The van der Waals surface area contributed by atoms with Crippen LogP contribution < -0.4 is 15.8 Å². The lowest BCUT2D eigenvalue weighted by Gasteiger charge is -2.11. The summed E-state index contributed by atoms with van der Waals surface area (Å²) in [5.41, 5.74) is 8.34. The number of nitrogens with two attached hydrogens (primary N) is 1. The van der Waals surface area contributed by atoms with Gasteiger partial charge in [-0.25, -0.2) is 0 Å². The van der Waals surface area contributed by atoms with E-state index in [1.165, 1.54) is 0 Å². The molecule has 0 aliphatic carbocycles. The van der Waals surface area contributed by atoms with Crippen molar-refractivity contribution in [3.63, 3.8) is 0 Å². The van der Waals surface area contributed by atoms with Crippen molar-refractivity contribution in [3.05, 3.63) is 59.7 Å². The summed E-state index contributed by atoms with van der Waals surface area (Å²) < 4.78 is 10.9. The molecule has 136 valence electrons. The van der Waals surface area contributed by atoms with Gasteiger partial charge in [0.25, 0.3) is 0 Å². The maximum absolute atomic E-state index is 11.9. The molecule has 5 nitrogen and oxygen atoms in total. The third kappa shape index (κ3) is 6.74. The van der Waals surface area contributed by atoms with Crippen molar-refractivity contribution in [2.24, 2.45) is 11.7 Å². The number of benzene rings is 2. The van der Waals surface area contributed by atoms with Gasteiger partial charge in [-0.05, 0) is 35.4 Å². The molecule has 1 unspecified atom stereocenters. The Labute approximate surface area is 154 Å². The van der Waals surface area contributed by atoms with Gasteiger partial charge in [-0.1, -0.05) is 31.2 Å². The van der Waals surface area contributed by atoms with Crippen LogP contribution in [0.1, 0.15) is 18.1 Å². The van der Waals surface area contributed by atoms with Crippen LogP contribution in [0.2, 0.25) is 0 Å². The average Bonchev–Trinajstić information content (AvgIpc) is 2.62. The van der Waals surface area contributed by atoms with E-state index in [4.69, 9.17) is 15.2 Å². The van der Waals surface area contributed by atoms with Crippen molar-refractivity contribution in [2.75, 3.05) is 19.0 Å². The maximum Gasteiger partial charge on any atom is 0.228 e. The summed E-state index contributed by atoms with van der Waals surface area (Å²) in [6, 6.07) is 15.4. The SMILES string of the molecule is COc1ccc(COCc2cccc(NC(=O)C(C)CN)c2)cc1.Cl. The van der Waals surface area contributed by atoms with E-state index >= 15 is 0 Å². The first-order valence-electron chi connectivity index (χ1n) is 7.93. The van der Waals surface area contributed by atoms with Gasteiger partial charge in [-0.3, -0.25) is 4.79 Å². The zero-order valence-corrected chi connectivity index (χ0v) is 15.3. The normalized spacial score (nSPS) is 11.3. The number of nitrogens with one attached hydrogen (secondary N) is 1. The van der Waals surface area contributed by atoms with Gasteiger partial charge in [-0.2, -0.15) is 0 Å². The van der Waals surface area contributed by atoms with Crippen molar-refractivity contribution in [1.82, 2.24) is 0 Å². The summed E-state index contributed by atoms with van der Waals surface area (Å²) in [6.45, 7) is 3.13. The Bertz CT molecular complexity index is 662. The maximum atomic E-state index is 11.9. The van der Waals surface area contributed by atoms with Gasteiger partial charge in [0, 0.05) is 18.2 Å². The fraction of sp³-hybridized carbons (Fsp3) is 0.316. The molecule has 2 rings (SSSR count). The minimum Gasteiger partial charge on any atom is -0.497 e. The minimum absolute atomic E-state index is 0. The zero-order chi connectivity index (χ0) is 17.4. The highest BCUT2D eigenvalue weighted by Gasteiger charge is 2.10. The van der Waals surface area contributed by atoms with E-state index in [-0.39, 0.29) is 24.2 Å². The highest BCUT2D eigenvalue weighted by Crippen LogP contribution is 2.15. The van der Waals surface area contributed by atoms with Crippen molar-refractivity contribution in [2.45, 2.75) is 20.1 Å². The summed E-state index contributed by atoms with van der Waals surface area (Å²) in [4.78, 5) is 11.9. The fourth-order valence-electron chi connectivity index (χ4n) is 2.12. The Hall–Kier alpha value is -2.08. The molecule has 25 heavy (non-hydrogen) atoms. The van der Waals surface area contributed by atoms with Crippen molar-refractivity contribution in [3.8, 4) is 5.75 Å². The van der Waals surface area contributed by atoms with Crippen molar-refractivity contribution < 1.29 is 14.3 Å². The van der Waals surface area contributed by atoms with E-state index in [9.17, 15) is 4.79 Å². The summed E-state index contributed by atoms with van der Waals surface area (Å²) >= 11 is 0. The molecule has 0 fully saturated rings.